The van der Waals surface area contributed by atoms with Gasteiger partial charge in [0.15, 0.2) is 0 Å². The maximum absolute atomic E-state index is 12.4. The third-order valence-corrected chi connectivity index (χ3v) is 2.87. The average Bonchev–Trinajstić information content (AvgIpc) is 2.24. The molecule has 2 nitrogen and oxygen atoms in total. The third kappa shape index (κ3) is 5.40. The average molecular weight is 359 g/mol. The van der Waals surface area contributed by atoms with E-state index in [0.717, 1.165) is 10.5 Å². The Morgan fingerprint density at radius 1 is 1.37 bits per heavy atom. The Kier molecular flexibility index (Phi) is 5.67. The van der Waals surface area contributed by atoms with Gasteiger partial charge in [-0.15, -0.1) is 0 Å². The molecule has 0 saturated carbocycles. The van der Waals surface area contributed by atoms with E-state index in [-0.39, 0.29) is 17.4 Å². The fourth-order valence-corrected chi connectivity index (χ4v) is 2.33. The fourth-order valence-electron chi connectivity index (χ4n) is 1.61. The van der Waals surface area contributed by atoms with Crippen LogP contribution in [-0.2, 0) is 0 Å². The predicted molar refractivity (Wildman–Crippen MR) is 71.9 cm³/mol. The molecule has 19 heavy (non-hydrogen) atoms. The lowest BCUT2D eigenvalue weighted by atomic mass is 10.1. The molecule has 1 aromatic rings. The first-order valence-electron chi connectivity index (χ1n) is 5.42. The van der Waals surface area contributed by atoms with Crippen LogP contribution in [0.3, 0.4) is 0 Å². The molecular weight excluding hydrogens is 346 g/mol. The van der Waals surface area contributed by atoms with Crippen LogP contribution in [0.4, 0.5) is 13.2 Å². The number of carbonyl (C=O) groups is 1. The van der Waals surface area contributed by atoms with Gasteiger partial charge in [0.1, 0.15) is 6.54 Å². The highest BCUT2D eigenvalue weighted by molar-refractivity contribution is 9.09. The normalized spacial score (nSPS) is 11.5. The summed E-state index contributed by atoms with van der Waals surface area (Å²) in [7, 11) is 0. The van der Waals surface area contributed by atoms with Crippen molar-refractivity contribution in [1.82, 2.24) is 4.90 Å². The first-order valence-corrected chi connectivity index (χ1v) is 6.92. The number of rotatable bonds is 4. The summed E-state index contributed by atoms with van der Waals surface area (Å²) in [5.41, 5.74) is 0.886. The maximum atomic E-state index is 12.4. The second-order valence-corrected chi connectivity index (χ2v) is 5.28. The standard InChI is InChI=1S/C12H12BrClF3NO/c1-8-4-9(6-10(14)5-8)11(19)18(3-2-13)7-12(15,16)17/h4-6H,2-3,7H2,1H3. The molecule has 0 heterocycles. The first kappa shape index (κ1) is 16.3. The Hall–Kier alpha value is -0.750. The van der Waals surface area contributed by atoms with Gasteiger partial charge >= 0.3 is 6.18 Å². The van der Waals surface area contributed by atoms with Crippen molar-refractivity contribution in [2.45, 2.75) is 13.1 Å². The van der Waals surface area contributed by atoms with Crippen molar-refractivity contribution in [3.05, 3.63) is 34.3 Å². The van der Waals surface area contributed by atoms with Crippen LogP contribution in [0.2, 0.25) is 5.02 Å². The Bertz CT molecular complexity index is 445. The summed E-state index contributed by atoms with van der Waals surface area (Å²) in [6.07, 6.45) is -4.43. The molecule has 0 radical (unpaired) electrons. The Labute approximate surface area is 122 Å². The van der Waals surface area contributed by atoms with Gasteiger partial charge in [-0.3, -0.25) is 4.79 Å². The van der Waals surface area contributed by atoms with E-state index in [4.69, 9.17) is 11.6 Å². The summed E-state index contributed by atoms with van der Waals surface area (Å²) in [5, 5.41) is 0.600. The van der Waals surface area contributed by atoms with Gasteiger partial charge in [-0.05, 0) is 30.7 Å². The molecule has 0 aromatic heterocycles. The Morgan fingerprint density at radius 2 is 2.00 bits per heavy atom. The van der Waals surface area contributed by atoms with Gasteiger partial charge in [0.25, 0.3) is 5.91 Å². The minimum absolute atomic E-state index is 0.0239. The summed E-state index contributed by atoms with van der Waals surface area (Å²) < 4.78 is 37.3. The van der Waals surface area contributed by atoms with Crippen molar-refractivity contribution in [3.63, 3.8) is 0 Å². The molecule has 0 aliphatic rings. The van der Waals surface area contributed by atoms with Gasteiger partial charge in [0.2, 0.25) is 0 Å². The molecule has 0 bridgehead atoms. The molecule has 1 rings (SSSR count). The van der Waals surface area contributed by atoms with E-state index in [1.807, 2.05) is 0 Å². The van der Waals surface area contributed by atoms with Crippen LogP contribution >= 0.6 is 27.5 Å². The number of hydrogen-bond acceptors (Lipinski definition) is 1. The molecule has 0 spiro atoms. The lowest BCUT2D eigenvalue weighted by Crippen LogP contribution is -2.40. The van der Waals surface area contributed by atoms with Gasteiger partial charge in [0.05, 0.1) is 0 Å². The van der Waals surface area contributed by atoms with E-state index in [1.165, 1.54) is 12.1 Å². The van der Waals surface area contributed by atoms with E-state index in [0.29, 0.717) is 5.02 Å². The lowest BCUT2D eigenvalue weighted by molar-refractivity contribution is -0.140. The smallest absolute Gasteiger partial charge is 0.329 e. The zero-order chi connectivity index (χ0) is 14.6. The molecule has 0 N–H and O–H groups in total. The van der Waals surface area contributed by atoms with E-state index < -0.39 is 18.6 Å². The predicted octanol–water partition coefficient (Wildman–Crippen LogP) is 4.05. The third-order valence-electron chi connectivity index (χ3n) is 2.30. The number of alkyl halides is 4. The fraction of sp³-hybridized carbons (Fsp3) is 0.417. The van der Waals surface area contributed by atoms with Crippen molar-refractivity contribution >= 4 is 33.4 Å². The number of nitrogens with zero attached hydrogens (tertiary/aromatic N) is 1. The van der Waals surface area contributed by atoms with Crippen molar-refractivity contribution in [2.24, 2.45) is 0 Å². The highest BCUT2D eigenvalue weighted by Crippen LogP contribution is 2.20. The second kappa shape index (κ2) is 6.61. The summed E-state index contributed by atoms with van der Waals surface area (Å²) in [6, 6.07) is 4.53. The summed E-state index contributed by atoms with van der Waals surface area (Å²) in [4.78, 5) is 12.8. The molecule has 0 unspecified atom stereocenters. The second-order valence-electron chi connectivity index (χ2n) is 4.05. The molecule has 7 heteroatoms. The van der Waals surface area contributed by atoms with Crippen LogP contribution in [0.5, 0.6) is 0 Å². The van der Waals surface area contributed by atoms with E-state index in [1.54, 1.807) is 13.0 Å². The van der Waals surface area contributed by atoms with Crippen molar-refractivity contribution in [2.75, 3.05) is 18.4 Å². The van der Waals surface area contributed by atoms with Crippen LogP contribution in [-0.4, -0.2) is 35.4 Å². The zero-order valence-electron chi connectivity index (χ0n) is 10.1. The molecule has 1 aromatic carbocycles. The SMILES string of the molecule is Cc1cc(Cl)cc(C(=O)N(CCBr)CC(F)(F)F)c1. The van der Waals surface area contributed by atoms with Gasteiger partial charge < -0.3 is 4.90 Å². The molecule has 106 valence electrons. The number of benzene rings is 1. The van der Waals surface area contributed by atoms with Crippen LogP contribution in [0.15, 0.2) is 18.2 Å². The van der Waals surface area contributed by atoms with Gasteiger partial charge in [0, 0.05) is 22.5 Å². The zero-order valence-corrected chi connectivity index (χ0v) is 12.4. The molecule has 0 saturated heterocycles. The number of carbonyl (C=O) groups excluding carboxylic acids is 1. The lowest BCUT2D eigenvalue weighted by Gasteiger charge is -2.23. The number of hydrogen-bond donors (Lipinski definition) is 0. The molecule has 1 amide bonds. The number of aryl methyl sites for hydroxylation is 1. The van der Waals surface area contributed by atoms with E-state index >= 15 is 0 Å². The minimum atomic E-state index is -4.43. The Morgan fingerprint density at radius 3 is 2.47 bits per heavy atom. The Balaban J connectivity index is 2.98. The molecule has 0 aliphatic carbocycles. The highest BCUT2D eigenvalue weighted by Gasteiger charge is 2.33. The highest BCUT2D eigenvalue weighted by atomic mass is 79.9. The molecule has 0 fully saturated rings. The maximum Gasteiger partial charge on any atom is 0.406 e. The van der Waals surface area contributed by atoms with Crippen molar-refractivity contribution in [1.29, 1.82) is 0 Å². The summed E-state index contributed by atoms with van der Waals surface area (Å²) >= 11 is 8.85. The van der Waals surface area contributed by atoms with Gasteiger partial charge in [-0.25, -0.2) is 0 Å². The van der Waals surface area contributed by atoms with Crippen molar-refractivity contribution in [3.8, 4) is 0 Å². The molecule has 0 atom stereocenters. The quantitative estimate of drug-likeness (QED) is 0.744. The monoisotopic (exact) mass is 357 g/mol. The number of halogens is 5. The summed E-state index contributed by atoms with van der Waals surface area (Å²) in [6.45, 7) is 0.425. The minimum Gasteiger partial charge on any atom is -0.329 e. The molecular formula is C12H12BrClF3NO. The van der Waals surface area contributed by atoms with E-state index in [9.17, 15) is 18.0 Å². The van der Waals surface area contributed by atoms with Gasteiger partial charge in [-0.1, -0.05) is 27.5 Å². The first-order chi connectivity index (χ1) is 8.73. The van der Waals surface area contributed by atoms with Crippen LogP contribution in [0, 0.1) is 6.92 Å². The topological polar surface area (TPSA) is 20.3 Å². The van der Waals surface area contributed by atoms with Crippen LogP contribution < -0.4 is 0 Å². The van der Waals surface area contributed by atoms with E-state index in [2.05, 4.69) is 15.9 Å². The van der Waals surface area contributed by atoms with Gasteiger partial charge in [-0.2, -0.15) is 13.2 Å². The van der Waals surface area contributed by atoms with Crippen molar-refractivity contribution < 1.29 is 18.0 Å². The largest absolute Gasteiger partial charge is 0.406 e. The summed E-state index contributed by atoms with van der Waals surface area (Å²) in [5.74, 6) is -0.678. The molecule has 0 aliphatic heterocycles. The number of amides is 1. The van der Waals surface area contributed by atoms with Crippen LogP contribution in [0.1, 0.15) is 15.9 Å². The van der Waals surface area contributed by atoms with Crippen LogP contribution in [0.25, 0.3) is 0 Å².